The summed E-state index contributed by atoms with van der Waals surface area (Å²) in [6.45, 7) is 20.6. The van der Waals surface area contributed by atoms with Crippen molar-refractivity contribution in [2.45, 2.75) is 74.7 Å². The quantitative estimate of drug-likeness (QED) is 0.715. The fourth-order valence-electron chi connectivity index (χ4n) is 4.24. The van der Waals surface area contributed by atoms with Crippen LogP contribution in [0.15, 0.2) is 0 Å². The normalized spacial score (nSPS) is 11.9. The van der Waals surface area contributed by atoms with Gasteiger partial charge in [-0.2, -0.15) is 0 Å². The minimum absolute atomic E-state index is 0.347. The summed E-state index contributed by atoms with van der Waals surface area (Å²) in [6.07, 6.45) is 0. The zero-order valence-corrected chi connectivity index (χ0v) is 17.4. The highest BCUT2D eigenvalue weighted by Gasteiger charge is 2.35. The first-order valence-corrected chi connectivity index (χ1v) is 8.95. The second-order valence-corrected chi connectivity index (χ2v) is 8.07. The van der Waals surface area contributed by atoms with Crippen molar-refractivity contribution in [3.05, 3.63) is 55.6 Å². The molecular weight excluding hydrogens is 308 g/mol. The van der Waals surface area contributed by atoms with E-state index in [0.29, 0.717) is 11.5 Å². The maximum atomic E-state index is 11.0. The topological polar surface area (TPSA) is 40.5 Å². The van der Waals surface area contributed by atoms with Crippen LogP contribution in [0.25, 0.3) is 0 Å². The van der Waals surface area contributed by atoms with Gasteiger partial charge in [0.05, 0.1) is 0 Å². The lowest BCUT2D eigenvalue weighted by Crippen LogP contribution is -2.24. The van der Waals surface area contributed by atoms with E-state index < -0.39 is 5.41 Å². The number of aromatic hydroxyl groups is 2. The van der Waals surface area contributed by atoms with Crippen molar-refractivity contribution in [1.82, 2.24) is 0 Å². The largest absolute Gasteiger partial charge is 0.507 e. The number of hydrogen-bond acceptors (Lipinski definition) is 2. The maximum Gasteiger partial charge on any atom is 0.123 e. The summed E-state index contributed by atoms with van der Waals surface area (Å²) < 4.78 is 0. The van der Waals surface area contributed by atoms with Crippen LogP contribution in [0, 0.1) is 55.4 Å². The number of phenols is 2. The predicted molar refractivity (Wildman–Crippen MR) is 106 cm³/mol. The first kappa shape index (κ1) is 19.4. The van der Waals surface area contributed by atoms with Crippen LogP contribution in [-0.4, -0.2) is 10.2 Å². The summed E-state index contributed by atoms with van der Waals surface area (Å²) in [5.41, 5.74) is 10.0. The molecule has 0 aliphatic carbocycles. The van der Waals surface area contributed by atoms with Crippen molar-refractivity contribution in [3.8, 4) is 11.5 Å². The zero-order valence-electron chi connectivity index (χ0n) is 17.4. The van der Waals surface area contributed by atoms with Crippen LogP contribution >= 0.6 is 0 Å². The van der Waals surface area contributed by atoms with Crippen molar-refractivity contribution >= 4 is 0 Å². The molecule has 0 atom stereocenters. The molecule has 2 aromatic rings. The monoisotopic (exact) mass is 340 g/mol. The van der Waals surface area contributed by atoms with Crippen molar-refractivity contribution < 1.29 is 10.2 Å². The molecule has 0 fully saturated rings. The van der Waals surface area contributed by atoms with E-state index >= 15 is 0 Å². The van der Waals surface area contributed by atoms with Crippen LogP contribution in [0.3, 0.4) is 0 Å². The van der Waals surface area contributed by atoms with E-state index in [1.165, 1.54) is 11.1 Å². The molecular formula is C23H32O2. The van der Waals surface area contributed by atoms with Gasteiger partial charge in [0.15, 0.2) is 0 Å². The lowest BCUT2D eigenvalue weighted by molar-refractivity contribution is 0.428. The molecule has 0 heterocycles. The summed E-state index contributed by atoms with van der Waals surface area (Å²) >= 11 is 0. The van der Waals surface area contributed by atoms with Gasteiger partial charge < -0.3 is 10.2 Å². The third-order valence-corrected chi connectivity index (χ3v) is 6.56. The van der Waals surface area contributed by atoms with Crippen LogP contribution in [0.1, 0.15) is 69.5 Å². The predicted octanol–water partition coefficient (Wildman–Crippen LogP) is 5.89. The average Bonchev–Trinajstić information content (AvgIpc) is 2.54. The van der Waals surface area contributed by atoms with Gasteiger partial charge in [-0.05, 0) is 99.9 Å². The number of phenolic OH excluding ortho intramolecular Hbond substituents is 2. The second-order valence-electron chi connectivity index (χ2n) is 8.07. The van der Waals surface area contributed by atoms with Crippen molar-refractivity contribution in [2.24, 2.45) is 0 Å². The highest BCUT2D eigenvalue weighted by Crippen LogP contribution is 2.48. The minimum atomic E-state index is -0.505. The van der Waals surface area contributed by atoms with Crippen LogP contribution in [0.2, 0.25) is 0 Å². The molecule has 0 bridgehead atoms. The Bertz CT molecular complexity index is 741. The number of rotatable bonds is 2. The van der Waals surface area contributed by atoms with Crippen LogP contribution in [0.5, 0.6) is 11.5 Å². The third-order valence-electron chi connectivity index (χ3n) is 6.56. The van der Waals surface area contributed by atoms with Crippen molar-refractivity contribution in [1.29, 1.82) is 0 Å². The van der Waals surface area contributed by atoms with Gasteiger partial charge in [-0.25, -0.2) is 0 Å². The smallest absolute Gasteiger partial charge is 0.123 e. The molecule has 2 rings (SSSR count). The van der Waals surface area contributed by atoms with Gasteiger partial charge in [0.2, 0.25) is 0 Å². The first-order valence-electron chi connectivity index (χ1n) is 8.95. The molecule has 0 unspecified atom stereocenters. The van der Waals surface area contributed by atoms with Gasteiger partial charge in [-0.15, -0.1) is 0 Å². The molecule has 2 heteroatoms. The van der Waals surface area contributed by atoms with Crippen LogP contribution in [-0.2, 0) is 5.41 Å². The van der Waals surface area contributed by atoms with Gasteiger partial charge >= 0.3 is 0 Å². The standard InChI is InChI=1S/C23H32O2/c1-11-13(3)17(7)21(24)19(15(11)5)23(9,10)20-16(6)12(2)14(4)18(8)22(20)25/h24-25H,1-10H3. The zero-order chi connectivity index (χ0) is 19.4. The second kappa shape index (κ2) is 6.09. The van der Waals surface area contributed by atoms with Crippen molar-refractivity contribution in [2.75, 3.05) is 0 Å². The van der Waals surface area contributed by atoms with Gasteiger partial charge in [0, 0.05) is 16.5 Å². The molecule has 25 heavy (non-hydrogen) atoms. The summed E-state index contributed by atoms with van der Waals surface area (Å²) in [5.74, 6) is 0.695. The van der Waals surface area contributed by atoms with Gasteiger partial charge in [-0.3, -0.25) is 0 Å². The van der Waals surface area contributed by atoms with Crippen molar-refractivity contribution in [3.63, 3.8) is 0 Å². The molecule has 0 saturated carbocycles. The Hall–Kier alpha value is -1.96. The van der Waals surface area contributed by atoms with Gasteiger partial charge in [0.25, 0.3) is 0 Å². The lowest BCUT2D eigenvalue weighted by atomic mass is 9.70. The van der Waals surface area contributed by atoms with Crippen LogP contribution in [0.4, 0.5) is 0 Å². The Labute approximate surface area is 152 Å². The Balaban J connectivity index is 2.96. The molecule has 2 nitrogen and oxygen atoms in total. The Morgan fingerprint density at radius 3 is 0.960 bits per heavy atom. The van der Waals surface area contributed by atoms with Gasteiger partial charge in [-0.1, -0.05) is 13.8 Å². The molecule has 0 amide bonds. The molecule has 0 aliphatic rings. The lowest BCUT2D eigenvalue weighted by Gasteiger charge is -2.34. The van der Waals surface area contributed by atoms with E-state index in [0.717, 1.165) is 44.5 Å². The highest BCUT2D eigenvalue weighted by atomic mass is 16.3. The summed E-state index contributed by atoms with van der Waals surface area (Å²) in [4.78, 5) is 0. The Morgan fingerprint density at radius 1 is 0.440 bits per heavy atom. The molecule has 2 aromatic carbocycles. The number of hydrogen-bond donors (Lipinski definition) is 2. The molecule has 0 spiro atoms. The average molecular weight is 341 g/mol. The van der Waals surface area contributed by atoms with E-state index in [1.54, 1.807) is 0 Å². The van der Waals surface area contributed by atoms with Gasteiger partial charge in [0.1, 0.15) is 11.5 Å². The molecule has 0 radical (unpaired) electrons. The maximum absolute atomic E-state index is 11.0. The summed E-state index contributed by atoms with van der Waals surface area (Å²) in [5, 5.41) is 21.9. The van der Waals surface area contributed by atoms with E-state index in [9.17, 15) is 10.2 Å². The van der Waals surface area contributed by atoms with E-state index in [4.69, 9.17) is 0 Å². The number of benzene rings is 2. The molecule has 2 N–H and O–H groups in total. The molecule has 136 valence electrons. The molecule has 0 saturated heterocycles. The summed E-state index contributed by atoms with van der Waals surface area (Å²) in [6, 6.07) is 0. The SMILES string of the molecule is Cc1c(C)c(C)c(C(C)(C)c2c(C)c(C)c(C)c(C)c2O)c(O)c1C. The third kappa shape index (κ3) is 2.63. The molecule has 0 aliphatic heterocycles. The highest BCUT2D eigenvalue weighted by molar-refractivity contribution is 5.64. The van der Waals surface area contributed by atoms with E-state index in [-0.39, 0.29) is 0 Å². The Morgan fingerprint density at radius 2 is 0.680 bits per heavy atom. The van der Waals surface area contributed by atoms with Crippen LogP contribution < -0.4 is 0 Å². The minimum Gasteiger partial charge on any atom is -0.507 e. The fraction of sp³-hybridized carbons (Fsp3) is 0.478. The van der Waals surface area contributed by atoms with E-state index in [1.807, 2.05) is 13.8 Å². The Kier molecular flexibility index (Phi) is 4.71. The fourth-order valence-corrected chi connectivity index (χ4v) is 4.24. The summed E-state index contributed by atoms with van der Waals surface area (Å²) in [7, 11) is 0. The molecule has 0 aromatic heterocycles. The van der Waals surface area contributed by atoms with E-state index in [2.05, 4.69) is 55.4 Å². The first-order chi connectivity index (χ1) is 11.4.